The van der Waals surface area contributed by atoms with Gasteiger partial charge in [-0.25, -0.2) is 4.98 Å². The normalized spacial score (nSPS) is 15.4. The zero-order chi connectivity index (χ0) is 14.4. The van der Waals surface area contributed by atoms with Gasteiger partial charge < -0.3 is 15.1 Å². The molecule has 1 saturated heterocycles. The quantitative estimate of drug-likeness (QED) is 0.882. The van der Waals surface area contributed by atoms with Gasteiger partial charge in [0.1, 0.15) is 11.5 Å². The molecule has 1 aliphatic heterocycles. The number of piperidine rings is 1. The molecule has 0 bridgehead atoms. The summed E-state index contributed by atoms with van der Waals surface area (Å²) in [5.41, 5.74) is 0.506. The van der Waals surface area contributed by atoms with Gasteiger partial charge in [-0.2, -0.15) is 0 Å². The summed E-state index contributed by atoms with van der Waals surface area (Å²) in [6.07, 6.45) is 3.71. The Bertz CT molecular complexity index is 441. The van der Waals surface area contributed by atoms with Gasteiger partial charge in [0.15, 0.2) is 0 Å². The van der Waals surface area contributed by atoms with Crippen LogP contribution in [0.4, 0.5) is 5.82 Å². The maximum absolute atomic E-state index is 12.1. The van der Waals surface area contributed by atoms with Crippen molar-refractivity contribution < 1.29 is 4.79 Å². The van der Waals surface area contributed by atoms with Crippen molar-refractivity contribution in [3.63, 3.8) is 0 Å². The predicted molar refractivity (Wildman–Crippen MR) is 81.2 cm³/mol. The van der Waals surface area contributed by atoms with Crippen molar-refractivity contribution in [2.24, 2.45) is 0 Å². The van der Waals surface area contributed by atoms with Gasteiger partial charge in [0.2, 0.25) is 0 Å². The fraction of sp³-hybridized carbons (Fsp3) is 0.600. The summed E-state index contributed by atoms with van der Waals surface area (Å²) in [6.45, 7) is 3.55. The molecule has 0 radical (unpaired) electrons. The van der Waals surface area contributed by atoms with Crippen molar-refractivity contribution in [3.8, 4) is 0 Å². The number of aromatic nitrogens is 1. The van der Waals surface area contributed by atoms with Crippen LogP contribution in [0.15, 0.2) is 18.2 Å². The highest BCUT2D eigenvalue weighted by Crippen LogP contribution is 2.17. The van der Waals surface area contributed by atoms with E-state index in [4.69, 9.17) is 0 Å². The van der Waals surface area contributed by atoms with Crippen molar-refractivity contribution in [1.82, 2.24) is 15.2 Å². The minimum Gasteiger partial charge on any atom is -0.357 e. The van der Waals surface area contributed by atoms with Crippen LogP contribution < -0.4 is 10.2 Å². The molecule has 0 unspecified atom stereocenters. The number of hydrogen-bond acceptors (Lipinski definition) is 4. The Kier molecular flexibility index (Phi) is 5.35. The van der Waals surface area contributed by atoms with Crippen molar-refractivity contribution in [2.45, 2.75) is 19.3 Å². The molecule has 20 heavy (non-hydrogen) atoms. The van der Waals surface area contributed by atoms with Crippen LogP contribution in [0.3, 0.4) is 0 Å². The average molecular weight is 276 g/mol. The average Bonchev–Trinajstić information content (AvgIpc) is 2.48. The van der Waals surface area contributed by atoms with Crippen LogP contribution in [0.1, 0.15) is 29.8 Å². The van der Waals surface area contributed by atoms with Crippen molar-refractivity contribution >= 4 is 11.7 Å². The fourth-order valence-electron chi connectivity index (χ4n) is 2.33. The van der Waals surface area contributed by atoms with E-state index in [1.807, 2.05) is 31.1 Å². The molecule has 1 fully saturated rings. The smallest absolute Gasteiger partial charge is 0.270 e. The highest BCUT2D eigenvalue weighted by Gasteiger charge is 2.14. The second-order valence-corrected chi connectivity index (χ2v) is 5.49. The monoisotopic (exact) mass is 276 g/mol. The molecule has 1 aromatic heterocycles. The van der Waals surface area contributed by atoms with Crippen LogP contribution in [0.2, 0.25) is 0 Å². The molecule has 1 N–H and O–H groups in total. The Labute approximate surface area is 121 Å². The molecule has 5 nitrogen and oxygen atoms in total. The lowest BCUT2D eigenvalue weighted by atomic mass is 10.1. The van der Waals surface area contributed by atoms with E-state index in [1.165, 1.54) is 19.3 Å². The number of carbonyl (C=O) groups is 1. The largest absolute Gasteiger partial charge is 0.357 e. The molecule has 1 amide bonds. The molecule has 0 saturated carbocycles. The van der Waals surface area contributed by atoms with Gasteiger partial charge in [-0.15, -0.1) is 0 Å². The Morgan fingerprint density at radius 3 is 2.75 bits per heavy atom. The summed E-state index contributed by atoms with van der Waals surface area (Å²) >= 11 is 0. The van der Waals surface area contributed by atoms with Crippen molar-refractivity contribution in [3.05, 3.63) is 23.9 Å². The zero-order valence-corrected chi connectivity index (χ0v) is 12.4. The van der Waals surface area contributed by atoms with Crippen LogP contribution in [0.25, 0.3) is 0 Å². The Balaban J connectivity index is 1.96. The number of pyridine rings is 1. The number of likely N-dealkylation sites (N-methyl/N-ethyl adjacent to an activating group) is 1. The summed E-state index contributed by atoms with van der Waals surface area (Å²) in [5, 5.41) is 2.90. The number of rotatable bonds is 5. The maximum Gasteiger partial charge on any atom is 0.270 e. The Hall–Kier alpha value is -1.62. The first-order valence-corrected chi connectivity index (χ1v) is 7.32. The van der Waals surface area contributed by atoms with Crippen molar-refractivity contribution in [1.29, 1.82) is 0 Å². The second-order valence-electron chi connectivity index (χ2n) is 5.49. The lowest BCUT2D eigenvalue weighted by molar-refractivity contribution is 0.0946. The van der Waals surface area contributed by atoms with E-state index in [0.29, 0.717) is 12.2 Å². The summed E-state index contributed by atoms with van der Waals surface area (Å²) in [4.78, 5) is 20.8. The zero-order valence-electron chi connectivity index (χ0n) is 12.4. The fourth-order valence-corrected chi connectivity index (χ4v) is 2.33. The van der Waals surface area contributed by atoms with E-state index in [1.54, 1.807) is 6.07 Å². The summed E-state index contributed by atoms with van der Waals surface area (Å²) in [5.74, 6) is 0.829. The number of anilines is 1. The standard InChI is InChI=1S/C15H24N4O/c1-18(2)12-9-16-15(20)13-7-6-8-14(17-13)19-10-4-3-5-11-19/h6-8H,3-5,9-12H2,1-2H3,(H,16,20). The first kappa shape index (κ1) is 14.8. The van der Waals surface area contributed by atoms with E-state index < -0.39 is 0 Å². The highest BCUT2D eigenvalue weighted by molar-refractivity contribution is 5.92. The summed E-state index contributed by atoms with van der Waals surface area (Å²) in [6, 6.07) is 5.68. The van der Waals surface area contributed by atoms with Gasteiger partial charge in [-0.1, -0.05) is 6.07 Å². The van der Waals surface area contributed by atoms with E-state index in [0.717, 1.165) is 25.5 Å². The Morgan fingerprint density at radius 1 is 1.30 bits per heavy atom. The lowest BCUT2D eigenvalue weighted by Gasteiger charge is -2.27. The maximum atomic E-state index is 12.1. The van der Waals surface area contributed by atoms with Gasteiger partial charge in [0, 0.05) is 26.2 Å². The first-order valence-electron chi connectivity index (χ1n) is 7.32. The highest BCUT2D eigenvalue weighted by atomic mass is 16.1. The van der Waals surface area contributed by atoms with Crippen LogP contribution in [0, 0.1) is 0 Å². The van der Waals surface area contributed by atoms with Crippen LogP contribution in [-0.2, 0) is 0 Å². The minimum absolute atomic E-state index is 0.0919. The van der Waals surface area contributed by atoms with Crippen LogP contribution in [-0.4, -0.2) is 56.1 Å². The van der Waals surface area contributed by atoms with E-state index >= 15 is 0 Å². The van der Waals surface area contributed by atoms with Gasteiger partial charge >= 0.3 is 0 Å². The number of nitrogens with one attached hydrogen (secondary N) is 1. The Morgan fingerprint density at radius 2 is 2.05 bits per heavy atom. The third-order valence-corrected chi connectivity index (χ3v) is 3.49. The molecular weight excluding hydrogens is 252 g/mol. The predicted octanol–water partition coefficient (Wildman–Crippen LogP) is 1.36. The van der Waals surface area contributed by atoms with Gasteiger partial charge in [0.25, 0.3) is 5.91 Å². The number of amides is 1. The molecule has 0 atom stereocenters. The van der Waals surface area contributed by atoms with Crippen LogP contribution in [0.5, 0.6) is 0 Å². The third-order valence-electron chi connectivity index (χ3n) is 3.49. The number of carbonyl (C=O) groups excluding carboxylic acids is 1. The van der Waals surface area contributed by atoms with Gasteiger partial charge in [-0.05, 0) is 45.5 Å². The molecule has 2 heterocycles. The molecule has 0 aromatic carbocycles. The van der Waals surface area contributed by atoms with E-state index in [2.05, 4.69) is 15.2 Å². The molecule has 0 spiro atoms. The molecule has 2 rings (SSSR count). The topological polar surface area (TPSA) is 48.5 Å². The molecule has 110 valence electrons. The van der Waals surface area contributed by atoms with Gasteiger partial charge in [0.05, 0.1) is 0 Å². The number of nitrogens with zero attached hydrogens (tertiary/aromatic N) is 3. The second kappa shape index (κ2) is 7.24. The molecule has 5 heteroatoms. The third kappa shape index (κ3) is 4.20. The molecule has 0 aliphatic carbocycles. The molecule has 1 aromatic rings. The van der Waals surface area contributed by atoms with E-state index in [9.17, 15) is 4.79 Å². The number of hydrogen-bond donors (Lipinski definition) is 1. The minimum atomic E-state index is -0.0919. The van der Waals surface area contributed by atoms with Gasteiger partial charge in [-0.3, -0.25) is 4.79 Å². The SMILES string of the molecule is CN(C)CCNC(=O)c1cccc(N2CCCCC2)n1. The molecular formula is C15H24N4O. The summed E-state index contributed by atoms with van der Waals surface area (Å²) in [7, 11) is 3.97. The van der Waals surface area contributed by atoms with Crippen LogP contribution >= 0.6 is 0 Å². The lowest BCUT2D eigenvalue weighted by Crippen LogP contribution is -2.33. The first-order chi connectivity index (χ1) is 9.66. The van der Waals surface area contributed by atoms with Crippen molar-refractivity contribution in [2.75, 3.05) is 45.2 Å². The van der Waals surface area contributed by atoms with E-state index in [-0.39, 0.29) is 5.91 Å². The molecule has 1 aliphatic rings. The summed E-state index contributed by atoms with van der Waals surface area (Å²) < 4.78 is 0.